The molecule has 1 aromatic heterocycles. The lowest BCUT2D eigenvalue weighted by molar-refractivity contribution is -0.119. The number of fused-ring (bicyclic) bond motifs is 1. The summed E-state index contributed by atoms with van der Waals surface area (Å²) in [5.74, 6) is 1.17. The van der Waals surface area contributed by atoms with Gasteiger partial charge in [0.1, 0.15) is 17.9 Å². The van der Waals surface area contributed by atoms with Gasteiger partial charge in [-0.3, -0.25) is 4.79 Å². The van der Waals surface area contributed by atoms with Crippen LogP contribution in [0.2, 0.25) is 10.0 Å². The average molecular weight is 372 g/mol. The summed E-state index contributed by atoms with van der Waals surface area (Å²) < 4.78 is 0. The maximum atomic E-state index is 11.6. The van der Waals surface area contributed by atoms with Crippen LogP contribution >= 0.6 is 23.2 Å². The SMILES string of the molecule is O=C1CCN(c2ncnc3cccc(-c4ccc(Cl)c(Cl)c4)c23)CC1. The third-order valence-electron chi connectivity index (χ3n) is 4.49. The third-order valence-corrected chi connectivity index (χ3v) is 5.23. The van der Waals surface area contributed by atoms with Crippen molar-refractivity contribution in [3.8, 4) is 11.1 Å². The van der Waals surface area contributed by atoms with E-state index in [2.05, 4.69) is 14.9 Å². The van der Waals surface area contributed by atoms with E-state index in [1.807, 2.05) is 30.3 Å². The van der Waals surface area contributed by atoms with Crippen LogP contribution in [0.25, 0.3) is 22.0 Å². The van der Waals surface area contributed by atoms with Gasteiger partial charge >= 0.3 is 0 Å². The minimum atomic E-state index is 0.305. The number of anilines is 1. The van der Waals surface area contributed by atoms with E-state index in [0.717, 1.165) is 27.8 Å². The van der Waals surface area contributed by atoms with Gasteiger partial charge in [0.2, 0.25) is 0 Å². The Hall–Kier alpha value is -2.17. The molecule has 25 heavy (non-hydrogen) atoms. The van der Waals surface area contributed by atoms with Crippen LogP contribution in [0, 0.1) is 0 Å². The first-order valence-electron chi connectivity index (χ1n) is 8.09. The molecule has 0 N–H and O–H groups in total. The zero-order valence-corrected chi connectivity index (χ0v) is 14.9. The summed E-state index contributed by atoms with van der Waals surface area (Å²) in [6.45, 7) is 1.36. The van der Waals surface area contributed by atoms with E-state index in [1.165, 1.54) is 0 Å². The summed E-state index contributed by atoms with van der Waals surface area (Å²) in [6, 6.07) is 11.6. The van der Waals surface area contributed by atoms with Crippen LogP contribution in [-0.4, -0.2) is 28.8 Å². The van der Waals surface area contributed by atoms with Gasteiger partial charge in [-0.2, -0.15) is 0 Å². The summed E-state index contributed by atoms with van der Waals surface area (Å²) in [5, 5.41) is 2.01. The van der Waals surface area contributed by atoms with Crippen molar-refractivity contribution in [2.24, 2.45) is 0 Å². The second kappa shape index (κ2) is 6.62. The van der Waals surface area contributed by atoms with Gasteiger partial charge in [0.15, 0.2) is 0 Å². The molecular formula is C19H15Cl2N3O. The van der Waals surface area contributed by atoms with Gasteiger partial charge in [-0.1, -0.05) is 41.4 Å². The van der Waals surface area contributed by atoms with Crippen molar-refractivity contribution < 1.29 is 4.79 Å². The van der Waals surface area contributed by atoms with E-state index >= 15 is 0 Å². The molecule has 0 radical (unpaired) electrons. The monoisotopic (exact) mass is 371 g/mol. The fourth-order valence-corrected chi connectivity index (χ4v) is 3.50. The molecule has 1 aliphatic rings. The molecule has 0 unspecified atom stereocenters. The highest BCUT2D eigenvalue weighted by atomic mass is 35.5. The number of aromatic nitrogens is 2. The molecule has 2 heterocycles. The molecule has 0 bridgehead atoms. The molecule has 0 amide bonds. The Balaban J connectivity index is 1.90. The standard InChI is InChI=1S/C19H15Cl2N3O/c20-15-5-4-12(10-16(15)21)14-2-1-3-17-18(14)19(23-11-22-17)24-8-6-13(25)7-9-24/h1-5,10-11H,6-9H2. The molecule has 126 valence electrons. The first-order valence-corrected chi connectivity index (χ1v) is 8.85. The van der Waals surface area contributed by atoms with Crippen LogP contribution in [0.15, 0.2) is 42.7 Å². The van der Waals surface area contributed by atoms with Gasteiger partial charge in [0.05, 0.1) is 20.9 Å². The summed E-state index contributed by atoms with van der Waals surface area (Å²) in [4.78, 5) is 22.7. The first kappa shape index (κ1) is 16.3. The van der Waals surface area contributed by atoms with Gasteiger partial charge in [-0.05, 0) is 29.3 Å². The molecular weight excluding hydrogens is 357 g/mol. The van der Waals surface area contributed by atoms with Crippen molar-refractivity contribution in [3.63, 3.8) is 0 Å². The van der Waals surface area contributed by atoms with Gasteiger partial charge in [-0.25, -0.2) is 9.97 Å². The normalized spacial score (nSPS) is 15.0. The first-order chi connectivity index (χ1) is 12.1. The number of ketones is 1. The number of halogens is 2. The number of hydrogen-bond acceptors (Lipinski definition) is 4. The van der Waals surface area contributed by atoms with Gasteiger partial charge < -0.3 is 4.90 Å². The molecule has 1 saturated heterocycles. The average Bonchev–Trinajstić information content (AvgIpc) is 2.64. The molecule has 0 spiro atoms. The van der Waals surface area contributed by atoms with Crippen molar-refractivity contribution in [1.82, 2.24) is 9.97 Å². The quantitative estimate of drug-likeness (QED) is 0.650. The molecule has 4 nitrogen and oxygen atoms in total. The minimum Gasteiger partial charge on any atom is -0.355 e. The van der Waals surface area contributed by atoms with Crippen molar-refractivity contribution in [3.05, 3.63) is 52.8 Å². The summed E-state index contributed by atoms with van der Waals surface area (Å²) >= 11 is 12.3. The van der Waals surface area contributed by atoms with Crippen LogP contribution in [-0.2, 0) is 4.79 Å². The molecule has 0 aliphatic carbocycles. The maximum absolute atomic E-state index is 11.6. The zero-order valence-electron chi connectivity index (χ0n) is 13.4. The lowest BCUT2D eigenvalue weighted by Gasteiger charge is -2.28. The highest BCUT2D eigenvalue weighted by Gasteiger charge is 2.21. The number of hydrogen-bond donors (Lipinski definition) is 0. The van der Waals surface area contributed by atoms with Crippen LogP contribution < -0.4 is 4.90 Å². The van der Waals surface area contributed by atoms with E-state index in [9.17, 15) is 4.79 Å². The Kier molecular flexibility index (Phi) is 4.32. The summed E-state index contributed by atoms with van der Waals surface area (Å²) in [7, 11) is 0. The number of piperidine rings is 1. The van der Waals surface area contributed by atoms with Crippen molar-refractivity contribution in [2.45, 2.75) is 12.8 Å². The van der Waals surface area contributed by atoms with Crippen LogP contribution in [0.1, 0.15) is 12.8 Å². The fourth-order valence-electron chi connectivity index (χ4n) is 3.20. The fraction of sp³-hybridized carbons (Fsp3) is 0.211. The predicted molar refractivity (Wildman–Crippen MR) is 101 cm³/mol. The Morgan fingerprint density at radius 1 is 0.960 bits per heavy atom. The van der Waals surface area contributed by atoms with Crippen molar-refractivity contribution in [1.29, 1.82) is 0 Å². The van der Waals surface area contributed by atoms with E-state index in [4.69, 9.17) is 23.2 Å². The Bertz CT molecular complexity index is 959. The topological polar surface area (TPSA) is 46.1 Å². The number of carbonyl (C=O) groups is 1. The van der Waals surface area contributed by atoms with Crippen molar-refractivity contribution in [2.75, 3.05) is 18.0 Å². The molecule has 2 aromatic carbocycles. The largest absolute Gasteiger partial charge is 0.355 e. The summed E-state index contributed by atoms with van der Waals surface area (Å²) in [5.41, 5.74) is 2.83. The van der Waals surface area contributed by atoms with E-state index in [-0.39, 0.29) is 0 Å². The molecule has 1 fully saturated rings. The molecule has 0 atom stereocenters. The number of rotatable bonds is 2. The van der Waals surface area contributed by atoms with Crippen LogP contribution in [0.3, 0.4) is 0 Å². The number of Topliss-reactive ketones (excluding diaryl/α,β-unsaturated/α-hetero) is 1. The van der Waals surface area contributed by atoms with Crippen molar-refractivity contribution >= 4 is 45.7 Å². The Morgan fingerprint density at radius 3 is 2.52 bits per heavy atom. The number of carbonyl (C=O) groups excluding carboxylic acids is 1. The van der Waals surface area contributed by atoms with E-state index < -0.39 is 0 Å². The van der Waals surface area contributed by atoms with E-state index in [0.29, 0.717) is 41.8 Å². The number of benzene rings is 2. The lowest BCUT2D eigenvalue weighted by Crippen LogP contribution is -2.34. The lowest BCUT2D eigenvalue weighted by atomic mass is 10.00. The molecule has 0 saturated carbocycles. The second-order valence-electron chi connectivity index (χ2n) is 6.05. The third kappa shape index (κ3) is 3.08. The highest BCUT2D eigenvalue weighted by Crippen LogP contribution is 2.36. The molecule has 4 rings (SSSR count). The predicted octanol–water partition coefficient (Wildman–Crippen LogP) is 4.77. The van der Waals surface area contributed by atoms with Crippen LogP contribution in [0.5, 0.6) is 0 Å². The van der Waals surface area contributed by atoms with Crippen LogP contribution in [0.4, 0.5) is 5.82 Å². The number of nitrogens with zero attached hydrogens (tertiary/aromatic N) is 3. The summed E-state index contributed by atoms with van der Waals surface area (Å²) in [6.07, 6.45) is 2.69. The minimum absolute atomic E-state index is 0.305. The molecule has 1 aliphatic heterocycles. The highest BCUT2D eigenvalue weighted by molar-refractivity contribution is 6.42. The maximum Gasteiger partial charge on any atom is 0.140 e. The van der Waals surface area contributed by atoms with E-state index in [1.54, 1.807) is 12.4 Å². The second-order valence-corrected chi connectivity index (χ2v) is 6.87. The Morgan fingerprint density at radius 2 is 1.76 bits per heavy atom. The van der Waals surface area contributed by atoms with Gasteiger partial charge in [0, 0.05) is 25.9 Å². The molecule has 3 aromatic rings. The van der Waals surface area contributed by atoms with Gasteiger partial charge in [0.25, 0.3) is 0 Å². The zero-order chi connectivity index (χ0) is 17.4. The molecule has 6 heteroatoms. The smallest absolute Gasteiger partial charge is 0.140 e. The van der Waals surface area contributed by atoms with Gasteiger partial charge in [-0.15, -0.1) is 0 Å². The Labute approximate surface area is 155 Å².